The molecule has 2 aliphatic heterocycles. The number of morpholine rings is 1. The largest absolute Gasteiger partial charge is 0.363 e. The molecule has 0 spiro atoms. The molecule has 0 saturated carbocycles. The maximum atomic E-state index is 14.3. The Morgan fingerprint density at radius 2 is 2.05 bits per heavy atom. The fourth-order valence-corrected chi connectivity index (χ4v) is 3.00. The van der Waals surface area contributed by atoms with Gasteiger partial charge in [0.15, 0.2) is 0 Å². The first-order valence-corrected chi connectivity index (χ1v) is 7.13. The molecule has 2 atom stereocenters. The molecule has 2 fully saturated rings. The lowest BCUT2D eigenvalue weighted by Crippen LogP contribution is -2.47. The average Bonchev–Trinajstić information content (AvgIpc) is 2.76. The fraction of sp³-hybridized carbons (Fsp3) is 0.562. The molecule has 0 aliphatic carbocycles. The molecule has 2 saturated heterocycles. The Hall–Kier alpha value is -1.42. The van der Waals surface area contributed by atoms with E-state index < -0.39 is 0 Å². The van der Waals surface area contributed by atoms with Crippen LogP contribution in [-0.4, -0.2) is 24.7 Å². The Bertz CT molecular complexity index is 550. The standard InChI is InChI=1S/C16H20FNO2/c1-16(2,3)12-6-4-10(8-13(12)17)18-9-11-5-7-14(20-11)15(18)19/h4,6,8,11,14H,5,7,9H2,1-3H3. The molecular formula is C16H20FNO2. The summed E-state index contributed by atoms with van der Waals surface area (Å²) >= 11 is 0. The number of hydrogen-bond acceptors (Lipinski definition) is 2. The second kappa shape index (κ2) is 4.55. The molecule has 2 aliphatic rings. The van der Waals surface area contributed by atoms with E-state index in [1.54, 1.807) is 11.0 Å². The highest BCUT2D eigenvalue weighted by molar-refractivity contribution is 5.97. The number of rotatable bonds is 1. The van der Waals surface area contributed by atoms with Gasteiger partial charge in [-0.05, 0) is 36.0 Å². The molecule has 0 N–H and O–H groups in total. The molecule has 0 radical (unpaired) electrons. The molecule has 2 heterocycles. The first-order chi connectivity index (χ1) is 9.36. The number of carbonyl (C=O) groups is 1. The summed E-state index contributed by atoms with van der Waals surface area (Å²) < 4.78 is 19.9. The molecule has 2 unspecified atom stereocenters. The van der Waals surface area contributed by atoms with Gasteiger partial charge < -0.3 is 9.64 Å². The van der Waals surface area contributed by atoms with Gasteiger partial charge in [0.05, 0.1) is 12.6 Å². The Morgan fingerprint density at radius 3 is 2.70 bits per heavy atom. The fourth-order valence-electron chi connectivity index (χ4n) is 3.00. The summed E-state index contributed by atoms with van der Waals surface area (Å²) in [5.74, 6) is -0.289. The SMILES string of the molecule is CC(C)(C)c1ccc(N2CC3CCC(O3)C2=O)cc1F. The van der Waals surface area contributed by atoms with E-state index in [9.17, 15) is 9.18 Å². The second-order valence-electron chi connectivity index (χ2n) is 6.69. The van der Waals surface area contributed by atoms with Crippen molar-refractivity contribution in [2.24, 2.45) is 0 Å². The van der Waals surface area contributed by atoms with Crippen molar-refractivity contribution in [1.29, 1.82) is 0 Å². The van der Waals surface area contributed by atoms with Crippen molar-refractivity contribution in [3.8, 4) is 0 Å². The lowest BCUT2D eigenvalue weighted by atomic mass is 9.86. The first-order valence-electron chi connectivity index (χ1n) is 7.13. The van der Waals surface area contributed by atoms with Crippen LogP contribution >= 0.6 is 0 Å². The van der Waals surface area contributed by atoms with Crippen molar-refractivity contribution in [1.82, 2.24) is 0 Å². The zero-order chi connectivity index (χ0) is 14.5. The van der Waals surface area contributed by atoms with Crippen molar-refractivity contribution < 1.29 is 13.9 Å². The van der Waals surface area contributed by atoms with E-state index in [1.165, 1.54) is 6.07 Å². The molecule has 108 valence electrons. The van der Waals surface area contributed by atoms with Crippen LogP contribution in [0.1, 0.15) is 39.2 Å². The minimum absolute atomic E-state index is 0.0401. The topological polar surface area (TPSA) is 29.5 Å². The number of benzene rings is 1. The number of ether oxygens (including phenoxy) is 1. The molecule has 3 nitrogen and oxygen atoms in total. The third kappa shape index (κ3) is 2.22. The zero-order valence-corrected chi connectivity index (χ0v) is 12.1. The maximum Gasteiger partial charge on any atom is 0.256 e. The van der Waals surface area contributed by atoms with Crippen LogP contribution in [0, 0.1) is 5.82 Å². The molecule has 3 rings (SSSR count). The molecule has 1 aromatic carbocycles. The number of amides is 1. The third-order valence-electron chi connectivity index (χ3n) is 4.11. The Kier molecular flexibility index (Phi) is 3.09. The van der Waals surface area contributed by atoms with Gasteiger partial charge in [0.2, 0.25) is 0 Å². The van der Waals surface area contributed by atoms with Crippen LogP contribution < -0.4 is 4.90 Å². The van der Waals surface area contributed by atoms with Gasteiger partial charge >= 0.3 is 0 Å². The minimum atomic E-state index is -0.334. The summed E-state index contributed by atoms with van der Waals surface area (Å²) in [4.78, 5) is 13.9. The summed E-state index contributed by atoms with van der Waals surface area (Å²) in [5.41, 5.74) is 1.07. The number of fused-ring (bicyclic) bond motifs is 2. The van der Waals surface area contributed by atoms with Crippen LogP contribution in [0.4, 0.5) is 10.1 Å². The maximum absolute atomic E-state index is 14.3. The normalized spacial score (nSPS) is 26.2. The molecular weight excluding hydrogens is 257 g/mol. The highest BCUT2D eigenvalue weighted by Gasteiger charge is 2.41. The molecule has 1 amide bonds. The van der Waals surface area contributed by atoms with Gasteiger partial charge in [0, 0.05) is 5.69 Å². The van der Waals surface area contributed by atoms with Gasteiger partial charge in [-0.2, -0.15) is 0 Å². The summed E-state index contributed by atoms with van der Waals surface area (Å²) in [6.07, 6.45) is 1.46. The minimum Gasteiger partial charge on any atom is -0.363 e. The van der Waals surface area contributed by atoms with Gasteiger partial charge in [0.25, 0.3) is 5.91 Å². The quantitative estimate of drug-likeness (QED) is 0.789. The van der Waals surface area contributed by atoms with Crippen LogP contribution in [0.2, 0.25) is 0 Å². The first kappa shape index (κ1) is 13.6. The smallest absolute Gasteiger partial charge is 0.256 e. The molecule has 1 aromatic rings. The van der Waals surface area contributed by atoms with Crippen molar-refractivity contribution in [3.05, 3.63) is 29.6 Å². The number of nitrogens with zero attached hydrogens (tertiary/aromatic N) is 1. The van der Waals surface area contributed by atoms with Crippen molar-refractivity contribution in [3.63, 3.8) is 0 Å². The van der Waals surface area contributed by atoms with Gasteiger partial charge in [-0.1, -0.05) is 26.8 Å². The van der Waals surface area contributed by atoms with E-state index >= 15 is 0 Å². The summed E-state index contributed by atoms with van der Waals surface area (Å²) in [6.45, 7) is 6.46. The predicted octanol–water partition coefficient (Wildman–Crippen LogP) is 3.02. The van der Waals surface area contributed by atoms with Crippen LogP contribution in [0.15, 0.2) is 18.2 Å². The van der Waals surface area contributed by atoms with Crippen molar-refractivity contribution >= 4 is 11.6 Å². The zero-order valence-electron chi connectivity index (χ0n) is 12.1. The Morgan fingerprint density at radius 1 is 1.30 bits per heavy atom. The van der Waals surface area contributed by atoms with E-state index in [-0.39, 0.29) is 29.3 Å². The highest BCUT2D eigenvalue weighted by Crippen LogP contribution is 2.33. The Labute approximate surface area is 118 Å². The van der Waals surface area contributed by atoms with E-state index in [2.05, 4.69) is 0 Å². The summed E-state index contributed by atoms with van der Waals surface area (Å²) in [5, 5.41) is 0. The molecule has 0 aromatic heterocycles. The van der Waals surface area contributed by atoms with E-state index in [0.717, 1.165) is 12.8 Å². The second-order valence-corrected chi connectivity index (χ2v) is 6.69. The molecule has 2 bridgehead atoms. The summed E-state index contributed by atoms with van der Waals surface area (Å²) in [6, 6.07) is 5.10. The lowest BCUT2D eigenvalue weighted by Gasteiger charge is -2.32. The van der Waals surface area contributed by atoms with Crippen LogP contribution in [0.25, 0.3) is 0 Å². The van der Waals surface area contributed by atoms with E-state index in [4.69, 9.17) is 4.74 Å². The van der Waals surface area contributed by atoms with Crippen LogP contribution in [0.5, 0.6) is 0 Å². The van der Waals surface area contributed by atoms with E-state index in [1.807, 2.05) is 26.8 Å². The lowest BCUT2D eigenvalue weighted by molar-refractivity contribution is -0.133. The number of halogens is 1. The van der Waals surface area contributed by atoms with Crippen molar-refractivity contribution in [2.45, 2.75) is 51.2 Å². The predicted molar refractivity (Wildman–Crippen MR) is 75.3 cm³/mol. The molecule has 20 heavy (non-hydrogen) atoms. The van der Waals surface area contributed by atoms with Crippen LogP contribution in [-0.2, 0) is 14.9 Å². The van der Waals surface area contributed by atoms with Gasteiger partial charge in [-0.15, -0.1) is 0 Å². The average molecular weight is 277 g/mol. The number of carbonyl (C=O) groups excluding carboxylic acids is 1. The van der Waals surface area contributed by atoms with Gasteiger partial charge in [0.1, 0.15) is 11.9 Å². The third-order valence-corrected chi connectivity index (χ3v) is 4.11. The van der Waals surface area contributed by atoms with Gasteiger partial charge in [-0.3, -0.25) is 4.79 Å². The molecule has 4 heteroatoms. The monoisotopic (exact) mass is 277 g/mol. The van der Waals surface area contributed by atoms with Gasteiger partial charge in [-0.25, -0.2) is 4.39 Å². The van der Waals surface area contributed by atoms with Crippen molar-refractivity contribution in [2.75, 3.05) is 11.4 Å². The number of anilines is 1. The van der Waals surface area contributed by atoms with Crippen LogP contribution in [0.3, 0.4) is 0 Å². The highest BCUT2D eigenvalue weighted by atomic mass is 19.1. The number of hydrogen-bond donors (Lipinski definition) is 0. The summed E-state index contributed by atoms with van der Waals surface area (Å²) in [7, 11) is 0. The van der Waals surface area contributed by atoms with E-state index in [0.29, 0.717) is 17.8 Å². The Balaban J connectivity index is 1.91.